The van der Waals surface area contributed by atoms with E-state index in [0.717, 1.165) is 6.07 Å². The van der Waals surface area contributed by atoms with Gasteiger partial charge in [-0.2, -0.15) is 0 Å². The van der Waals surface area contributed by atoms with Gasteiger partial charge >= 0.3 is 58.4 Å². The van der Waals surface area contributed by atoms with Crippen LogP contribution in [0.25, 0.3) is 0 Å². The van der Waals surface area contributed by atoms with Crippen molar-refractivity contribution < 1.29 is 68.7 Å². The molecular formula is C9H10BF4K. The molecule has 0 saturated carbocycles. The van der Waals surface area contributed by atoms with Gasteiger partial charge in [0.2, 0.25) is 0 Å². The van der Waals surface area contributed by atoms with Crippen molar-refractivity contribution in [2.75, 3.05) is 0 Å². The van der Waals surface area contributed by atoms with E-state index >= 15 is 0 Å². The topological polar surface area (TPSA) is 0 Å². The zero-order chi connectivity index (χ0) is 10.9. The molecule has 0 aliphatic carbocycles. The maximum atomic E-state index is 13.1. The van der Waals surface area contributed by atoms with E-state index in [0.29, 0.717) is 11.6 Å². The fourth-order valence-electron chi connectivity index (χ4n) is 1.22. The summed E-state index contributed by atoms with van der Waals surface area (Å²) in [7, 11) is 0. The van der Waals surface area contributed by atoms with Crippen molar-refractivity contribution in [1.82, 2.24) is 0 Å². The van der Waals surface area contributed by atoms with Crippen LogP contribution in [0, 0.1) is 5.82 Å². The molecule has 1 aromatic carbocycles. The third-order valence-electron chi connectivity index (χ3n) is 2.02. The first-order chi connectivity index (χ1) is 6.32. The molecule has 6 heteroatoms. The number of halogens is 4. The smallest absolute Gasteiger partial charge is 0.445 e. The number of benzene rings is 1. The first-order valence-corrected chi connectivity index (χ1v) is 4.31. The zero-order valence-electron chi connectivity index (χ0n) is 8.90. The van der Waals surface area contributed by atoms with E-state index in [1.165, 1.54) is 6.07 Å². The molecule has 0 atom stereocenters. The van der Waals surface area contributed by atoms with Gasteiger partial charge < -0.3 is 12.9 Å². The Kier molecular flexibility index (Phi) is 6.07. The second-order valence-corrected chi connectivity index (χ2v) is 3.51. The van der Waals surface area contributed by atoms with Crippen molar-refractivity contribution in [2.45, 2.75) is 19.8 Å². The summed E-state index contributed by atoms with van der Waals surface area (Å²) in [5.41, 5.74) is -0.569. The second-order valence-electron chi connectivity index (χ2n) is 3.51. The molecular weight excluding hydrogens is 234 g/mol. The standard InChI is InChI=1S/C9H10BF4.K/c1-6(2)8-4-3-7(5-9(8)11)10(12,13)14;/h3-6H,1-2H3;/q-1;+1. The Hall–Kier alpha value is 0.641. The third-order valence-corrected chi connectivity index (χ3v) is 2.02. The molecule has 0 aromatic heterocycles. The maximum absolute atomic E-state index is 13.1. The van der Waals surface area contributed by atoms with Crippen LogP contribution in [0.5, 0.6) is 0 Å². The molecule has 0 fully saturated rings. The summed E-state index contributed by atoms with van der Waals surface area (Å²) in [5, 5.41) is 0. The number of hydrogen-bond donors (Lipinski definition) is 0. The Labute approximate surface area is 129 Å². The SMILES string of the molecule is CC(C)c1ccc([B-](F)(F)F)cc1F.[K+]. The van der Waals surface area contributed by atoms with Crippen LogP contribution in [0.1, 0.15) is 25.3 Å². The molecule has 1 aromatic rings. The Morgan fingerprint density at radius 2 is 1.67 bits per heavy atom. The average Bonchev–Trinajstić information content (AvgIpc) is 2.01. The van der Waals surface area contributed by atoms with Crippen molar-refractivity contribution in [3.63, 3.8) is 0 Å². The van der Waals surface area contributed by atoms with Crippen molar-refractivity contribution in [1.29, 1.82) is 0 Å². The van der Waals surface area contributed by atoms with Gasteiger partial charge in [-0.3, -0.25) is 0 Å². The van der Waals surface area contributed by atoms with Crippen molar-refractivity contribution in [3.8, 4) is 0 Å². The molecule has 0 radical (unpaired) electrons. The van der Waals surface area contributed by atoms with Crippen LogP contribution >= 0.6 is 0 Å². The molecule has 0 aliphatic heterocycles. The summed E-state index contributed by atoms with van der Waals surface area (Å²) in [4.78, 5) is 0. The Balaban J connectivity index is 0.00000196. The number of rotatable bonds is 2. The molecule has 0 aliphatic rings. The van der Waals surface area contributed by atoms with Crippen molar-refractivity contribution >= 4 is 12.4 Å². The van der Waals surface area contributed by atoms with Gasteiger partial charge in [0.15, 0.2) is 0 Å². The molecule has 1 rings (SSSR count). The third kappa shape index (κ3) is 4.19. The van der Waals surface area contributed by atoms with E-state index in [1.54, 1.807) is 13.8 Å². The fraction of sp³-hybridized carbons (Fsp3) is 0.333. The molecule has 0 amide bonds. The molecule has 0 heterocycles. The van der Waals surface area contributed by atoms with Gasteiger partial charge in [-0.25, -0.2) is 4.39 Å². The van der Waals surface area contributed by atoms with E-state index in [2.05, 4.69) is 0 Å². The molecule has 0 N–H and O–H groups in total. The Morgan fingerprint density at radius 3 is 2.00 bits per heavy atom. The molecule has 78 valence electrons. The summed E-state index contributed by atoms with van der Waals surface area (Å²) >= 11 is 0. The largest absolute Gasteiger partial charge is 1.00 e. The summed E-state index contributed by atoms with van der Waals surface area (Å²) in [5.74, 6) is -0.888. The first kappa shape index (κ1) is 15.6. The van der Waals surface area contributed by atoms with Gasteiger partial charge in [-0.15, -0.1) is 5.46 Å². The minimum Gasteiger partial charge on any atom is -0.445 e. The van der Waals surface area contributed by atoms with Crippen LogP contribution in [0.2, 0.25) is 0 Å². The summed E-state index contributed by atoms with van der Waals surface area (Å²) in [6.07, 6.45) is 0. The van der Waals surface area contributed by atoms with Gasteiger partial charge in [0.25, 0.3) is 0 Å². The molecule has 0 bridgehead atoms. The normalized spacial score (nSPS) is 11.4. The van der Waals surface area contributed by atoms with Gasteiger partial charge in [0, 0.05) is 0 Å². The van der Waals surface area contributed by atoms with Crippen LogP contribution in [0.3, 0.4) is 0 Å². The van der Waals surface area contributed by atoms with Crippen LogP contribution < -0.4 is 56.8 Å². The summed E-state index contributed by atoms with van der Waals surface area (Å²) in [6.45, 7) is -1.63. The van der Waals surface area contributed by atoms with E-state index in [1.807, 2.05) is 0 Å². The van der Waals surface area contributed by atoms with E-state index in [9.17, 15) is 17.3 Å². The van der Waals surface area contributed by atoms with Crippen molar-refractivity contribution in [3.05, 3.63) is 29.6 Å². The minimum atomic E-state index is -5.10. The predicted molar refractivity (Wildman–Crippen MR) is 49.2 cm³/mol. The van der Waals surface area contributed by atoms with Gasteiger partial charge in [-0.05, 0) is 11.5 Å². The van der Waals surface area contributed by atoms with Gasteiger partial charge in [-0.1, -0.05) is 32.0 Å². The van der Waals surface area contributed by atoms with Crippen LogP contribution in [0.15, 0.2) is 18.2 Å². The van der Waals surface area contributed by atoms with Gasteiger partial charge in [0.05, 0.1) is 0 Å². The maximum Gasteiger partial charge on any atom is 1.00 e. The first-order valence-electron chi connectivity index (χ1n) is 4.31. The number of hydrogen-bond acceptors (Lipinski definition) is 0. The summed E-state index contributed by atoms with van der Waals surface area (Å²) in [6, 6.07) is 2.69. The van der Waals surface area contributed by atoms with Crippen LogP contribution in [-0.4, -0.2) is 6.98 Å². The monoisotopic (exact) mass is 244 g/mol. The van der Waals surface area contributed by atoms with E-state index < -0.39 is 18.3 Å². The van der Waals surface area contributed by atoms with Crippen molar-refractivity contribution in [2.24, 2.45) is 0 Å². The quantitative estimate of drug-likeness (QED) is 0.507. The fourth-order valence-corrected chi connectivity index (χ4v) is 1.22. The minimum absolute atomic E-state index is 0. The second kappa shape index (κ2) is 5.82. The average molecular weight is 244 g/mol. The Morgan fingerprint density at radius 1 is 1.13 bits per heavy atom. The predicted octanol–water partition coefficient (Wildman–Crippen LogP) is 0.00750. The van der Waals surface area contributed by atoms with E-state index in [4.69, 9.17) is 0 Å². The van der Waals surface area contributed by atoms with Crippen LogP contribution in [-0.2, 0) is 0 Å². The Bertz CT molecular complexity index is 335. The van der Waals surface area contributed by atoms with Crippen LogP contribution in [0.4, 0.5) is 17.3 Å². The molecule has 0 unspecified atom stereocenters. The molecule has 0 saturated heterocycles. The summed E-state index contributed by atoms with van der Waals surface area (Å²) < 4.78 is 49.7. The molecule has 0 nitrogen and oxygen atoms in total. The van der Waals surface area contributed by atoms with Gasteiger partial charge in [0.1, 0.15) is 5.82 Å². The molecule has 0 spiro atoms. The van der Waals surface area contributed by atoms with E-state index in [-0.39, 0.29) is 57.3 Å². The zero-order valence-corrected chi connectivity index (χ0v) is 12.0. The molecule has 15 heavy (non-hydrogen) atoms.